The summed E-state index contributed by atoms with van der Waals surface area (Å²) in [6.45, 7) is 3.78. The van der Waals surface area contributed by atoms with Gasteiger partial charge in [0.25, 0.3) is 5.91 Å². The maximum absolute atomic E-state index is 12.9. The summed E-state index contributed by atoms with van der Waals surface area (Å²) in [6, 6.07) is 8.03. The second-order valence-electron chi connectivity index (χ2n) is 9.43. The molecule has 4 aliphatic rings. The highest BCUT2D eigenvalue weighted by atomic mass is 16.5. The summed E-state index contributed by atoms with van der Waals surface area (Å²) in [4.78, 5) is 25.2. The Kier molecular flexibility index (Phi) is 4.98. The fourth-order valence-corrected chi connectivity index (χ4v) is 6.15. The smallest absolute Gasteiger partial charge is 0.312 e. The number of hydrogen-bond donors (Lipinski definition) is 2. The molecule has 1 aromatic rings. The third-order valence-corrected chi connectivity index (χ3v) is 7.06. The van der Waals surface area contributed by atoms with Crippen molar-refractivity contribution < 1.29 is 19.4 Å². The minimum Gasteiger partial charge on any atom is -0.455 e. The van der Waals surface area contributed by atoms with Crippen molar-refractivity contribution in [2.75, 3.05) is 6.61 Å². The Balaban J connectivity index is 1.31. The molecule has 0 spiro atoms. The second kappa shape index (κ2) is 7.18. The summed E-state index contributed by atoms with van der Waals surface area (Å²) in [7, 11) is 0. The van der Waals surface area contributed by atoms with Gasteiger partial charge in [0.15, 0.2) is 6.61 Å². The van der Waals surface area contributed by atoms with Gasteiger partial charge in [0.2, 0.25) is 0 Å². The number of carbonyl (C=O) groups is 2. The first-order valence-corrected chi connectivity index (χ1v) is 10.6. The van der Waals surface area contributed by atoms with E-state index in [1.807, 2.05) is 19.1 Å². The molecule has 0 radical (unpaired) electrons. The lowest BCUT2D eigenvalue weighted by atomic mass is 9.48. The monoisotopic (exact) mass is 385 g/mol. The van der Waals surface area contributed by atoms with Gasteiger partial charge in [-0.3, -0.25) is 9.59 Å². The Bertz CT molecular complexity index is 742. The molecule has 0 aromatic heterocycles. The number of amides is 1. The van der Waals surface area contributed by atoms with E-state index in [2.05, 4.69) is 24.4 Å². The summed E-state index contributed by atoms with van der Waals surface area (Å²) in [6.07, 6.45) is 5.81. The van der Waals surface area contributed by atoms with Crippen LogP contribution in [0.25, 0.3) is 0 Å². The van der Waals surface area contributed by atoms with E-state index in [4.69, 9.17) is 4.74 Å². The molecule has 2 N–H and O–H groups in total. The van der Waals surface area contributed by atoms with Crippen LogP contribution in [0.4, 0.5) is 0 Å². The first kappa shape index (κ1) is 19.4. The zero-order chi connectivity index (χ0) is 19.9. The van der Waals surface area contributed by atoms with Crippen LogP contribution in [0.5, 0.6) is 0 Å². The number of benzene rings is 1. The number of hydrogen-bond acceptors (Lipinski definition) is 4. The molecule has 5 heteroatoms. The van der Waals surface area contributed by atoms with Crippen molar-refractivity contribution in [1.82, 2.24) is 5.32 Å². The van der Waals surface area contributed by atoms with Crippen LogP contribution in [0, 0.1) is 17.3 Å². The van der Waals surface area contributed by atoms with Crippen LogP contribution in [-0.2, 0) is 20.7 Å². The molecule has 2 unspecified atom stereocenters. The molecular weight excluding hydrogens is 354 g/mol. The molecule has 0 aliphatic heterocycles. The fourth-order valence-electron chi connectivity index (χ4n) is 6.15. The molecule has 152 valence electrons. The summed E-state index contributed by atoms with van der Waals surface area (Å²) < 4.78 is 5.44. The van der Waals surface area contributed by atoms with Crippen LogP contribution in [0.2, 0.25) is 0 Å². The van der Waals surface area contributed by atoms with Gasteiger partial charge in [-0.15, -0.1) is 0 Å². The van der Waals surface area contributed by atoms with Gasteiger partial charge in [-0.1, -0.05) is 31.2 Å². The maximum atomic E-state index is 12.9. The molecule has 4 fully saturated rings. The van der Waals surface area contributed by atoms with Gasteiger partial charge in [0, 0.05) is 0 Å². The minimum absolute atomic E-state index is 0.141. The van der Waals surface area contributed by atoms with Crippen molar-refractivity contribution in [1.29, 1.82) is 0 Å². The number of rotatable bonds is 6. The molecule has 5 atom stereocenters. The van der Waals surface area contributed by atoms with E-state index >= 15 is 0 Å². The van der Waals surface area contributed by atoms with E-state index in [0.29, 0.717) is 18.3 Å². The summed E-state index contributed by atoms with van der Waals surface area (Å²) in [5.41, 5.74) is 0.999. The van der Waals surface area contributed by atoms with Crippen LogP contribution >= 0.6 is 0 Å². The molecule has 4 saturated carbocycles. The van der Waals surface area contributed by atoms with Crippen molar-refractivity contribution in [3.05, 3.63) is 35.4 Å². The SMILES string of the molecule is CCc1ccc([C@@H](C)NC(=O)COC(=O)C23C[C@@H]4C[C@@H](CC(O)(C4)C2)C3)cc1. The molecule has 0 saturated heterocycles. The van der Waals surface area contributed by atoms with Crippen molar-refractivity contribution in [2.24, 2.45) is 17.3 Å². The zero-order valence-electron chi connectivity index (χ0n) is 16.9. The minimum atomic E-state index is -0.704. The van der Waals surface area contributed by atoms with Crippen molar-refractivity contribution in [3.8, 4) is 0 Å². The largest absolute Gasteiger partial charge is 0.455 e. The molecule has 5 rings (SSSR count). The Morgan fingerprint density at radius 2 is 1.82 bits per heavy atom. The zero-order valence-corrected chi connectivity index (χ0v) is 16.9. The summed E-state index contributed by atoms with van der Waals surface area (Å²) >= 11 is 0. The summed E-state index contributed by atoms with van der Waals surface area (Å²) in [5, 5.41) is 13.7. The van der Waals surface area contributed by atoms with Crippen molar-refractivity contribution in [2.45, 2.75) is 70.4 Å². The quantitative estimate of drug-likeness (QED) is 0.737. The van der Waals surface area contributed by atoms with Crippen LogP contribution in [0.15, 0.2) is 24.3 Å². The lowest BCUT2D eigenvalue weighted by molar-refractivity contribution is -0.196. The average Bonchev–Trinajstić information content (AvgIpc) is 2.64. The molecule has 28 heavy (non-hydrogen) atoms. The van der Waals surface area contributed by atoms with Gasteiger partial charge in [0.05, 0.1) is 17.1 Å². The maximum Gasteiger partial charge on any atom is 0.312 e. The highest BCUT2D eigenvalue weighted by Crippen LogP contribution is 2.61. The third-order valence-electron chi connectivity index (χ3n) is 7.06. The van der Waals surface area contributed by atoms with Gasteiger partial charge < -0.3 is 15.2 Å². The highest BCUT2D eigenvalue weighted by molar-refractivity contribution is 5.83. The van der Waals surface area contributed by atoms with Crippen LogP contribution < -0.4 is 5.32 Å². The number of esters is 1. The molecule has 4 bridgehead atoms. The highest BCUT2D eigenvalue weighted by Gasteiger charge is 2.60. The van der Waals surface area contributed by atoms with Gasteiger partial charge in [-0.05, 0) is 74.8 Å². The lowest BCUT2D eigenvalue weighted by Crippen LogP contribution is -2.58. The van der Waals surface area contributed by atoms with E-state index in [1.54, 1.807) is 0 Å². The number of carbonyl (C=O) groups excluding carboxylic acids is 2. The molecule has 4 aliphatic carbocycles. The van der Waals surface area contributed by atoms with Gasteiger partial charge >= 0.3 is 5.97 Å². The van der Waals surface area contributed by atoms with Crippen molar-refractivity contribution in [3.63, 3.8) is 0 Å². The first-order chi connectivity index (χ1) is 13.3. The standard InChI is InChI=1S/C23H31NO4/c1-3-16-4-6-19(7-5-16)15(2)24-20(25)13-28-21(26)22-9-17-8-18(10-22)12-23(27,11-17)14-22/h4-7,15,17-18,27H,3,8-14H2,1-2H3,(H,24,25)/t15-,17-,18+,22?,23?/m1/s1. The Morgan fingerprint density at radius 1 is 1.18 bits per heavy atom. The number of nitrogens with one attached hydrogen (secondary N) is 1. The van der Waals surface area contributed by atoms with Crippen LogP contribution in [0.1, 0.15) is 69.5 Å². The van der Waals surface area contributed by atoms with Crippen molar-refractivity contribution >= 4 is 11.9 Å². The Labute approximate surface area is 166 Å². The van der Waals surface area contributed by atoms with E-state index in [9.17, 15) is 14.7 Å². The van der Waals surface area contributed by atoms with Crippen LogP contribution in [-0.4, -0.2) is 29.2 Å². The van der Waals surface area contributed by atoms with Gasteiger partial charge in [-0.25, -0.2) is 0 Å². The van der Waals surface area contributed by atoms with E-state index in [1.165, 1.54) is 5.56 Å². The second-order valence-corrected chi connectivity index (χ2v) is 9.43. The normalized spacial score (nSPS) is 34.1. The molecule has 0 heterocycles. The molecule has 1 aromatic carbocycles. The Hall–Kier alpha value is -1.88. The average molecular weight is 386 g/mol. The topological polar surface area (TPSA) is 75.6 Å². The first-order valence-electron chi connectivity index (χ1n) is 10.6. The number of ether oxygens (including phenoxy) is 1. The molecule has 5 nitrogen and oxygen atoms in total. The number of aliphatic hydroxyl groups is 1. The predicted molar refractivity (Wildman–Crippen MR) is 105 cm³/mol. The molecule has 1 amide bonds. The van der Waals surface area contributed by atoms with E-state index in [0.717, 1.165) is 44.1 Å². The summed E-state index contributed by atoms with van der Waals surface area (Å²) in [5.74, 6) is 0.247. The lowest BCUT2D eigenvalue weighted by Gasteiger charge is -2.58. The van der Waals surface area contributed by atoms with Gasteiger partial charge in [-0.2, -0.15) is 0 Å². The predicted octanol–water partition coefficient (Wildman–Crippen LogP) is 3.30. The number of aryl methyl sites for hydroxylation is 1. The molecular formula is C23H31NO4. The third kappa shape index (κ3) is 3.69. The van der Waals surface area contributed by atoms with E-state index in [-0.39, 0.29) is 24.5 Å². The Morgan fingerprint density at radius 3 is 2.39 bits per heavy atom. The van der Waals surface area contributed by atoms with Crippen LogP contribution in [0.3, 0.4) is 0 Å². The van der Waals surface area contributed by atoms with E-state index < -0.39 is 11.0 Å². The fraction of sp³-hybridized carbons (Fsp3) is 0.652. The van der Waals surface area contributed by atoms with Gasteiger partial charge in [0.1, 0.15) is 0 Å².